The highest BCUT2D eigenvalue weighted by atomic mass is 16.5. The molecule has 0 aliphatic carbocycles. The van der Waals surface area contributed by atoms with Crippen LogP contribution >= 0.6 is 0 Å². The smallest absolute Gasteiger partial charge is 0.230 e. The second kappa shape index (κ2) is 4.49. The van der Waals surface area contributed by atoms with Crippen LogP contribution in [-0.4, -0.2) is 12.1 Å². The topological polar surface area (TPSA) is 61.3 Å². The molecular formula is C13H16N2O2. The number of oxazole rings is 1. The molecule has 0 amide bonds. The summed E-state index contributed by atoms with van der Waals surface area (Å²) in [4.78, 5) is 4.26. The summed E-state index contributed by atoms with van der Waals surface area (Å²) in [7, 11) is 1.58. The molecule has 0 spiro atoms. The summed E-state index contributed by atoms with van der Waals surface area (Å²) in [6.07, 6.45) is 1.74. The zero-order valence-corrected chi connectivity index (χ0v) is 10.2. The maximum Gasteiger partial charge on any atom is 0.230 e. The Balaban J connectivity index is 2.48. The first-order valence-electron chi connectivity index (χ1n) is 5.52. The number of rotatable bonds is 3. The van der Waals surface area contributed by atoms with Crippen LogP contribution in [0.5, 0.6) is 5.75 Å². The molecule has 4 nitrogen and oxygen atoms in total. The highest BCUT2D eigenvalue weighted by Crippen LogP contribution is 2.34. The lowest BCUT2D eigenvalue weighted by Gasteiger charge is -2.08. The third-order valence-electron chi connectivity index (χ3n) is 2.57. The Bertz CT molecular complexity index is 518. The fourth-order valence-corrected chi connectivity index (χ4v) is 1.63. The fourth-order valence-electron chi connectivity index (χ4n) is 1.63. The Morgan fingerprint density at radius 2 is 2.12 bits per heavy atom. The Kier molecular flexibility index (Phi) is 3.04. The van der Waals surface area contributed by atoms with Crippen LogP contribution in [0.1, 0.15) is 25.5 Å². The number of aromatic nitrogens is 1. The van der Waals surface area contributed by atoms with Crippen LogP contribution in [0.15, 0.2) is 28.8 Å². The van der Waals surface area contributed by atoms with Gasteiger partial charge in [-0.2, -0.15) is 0 Å². The average Bonchev–Trinajstić information content (AvgIpc) is 2.77. The van der Waals surface area contributed by atoms with Gasteiger partial charge in [-0.3, -0.25) is 0 Å². The van der Waals surface area contributed by atoms with E-state index in [9.17, 15) is 0 Å². The highest BCUT2D eigenvalue weighted by molar-refractivity contribution is 5.72. The van der Waals surface area contributed by atoms with Crippen molar-refractivity contribution in [2.45, 2.75) is 19.8 Å². The number of para-hydroxylation sites is 1. The summed E-state index contributed by atoms with van der Waals surface area (Å²) in [5, 5.41) is 0. The number of hydrogen-bond donors (Lipinski definition) is 1. The van der Waals surface area contributed by atoms with E-state index in [-0.39, 0.29) is 0 Å². The zero-order valence-electron chi connectivity index (χ0n) is 10.2. The summed E-state index contributed by atoms with van der Waals surface area (Å²) in [5.74, 6) is 2.30. The van der Waals surface area contributed by atoms with E-state index in [4.69, 9.17) is 14.9 Å². The van der Waals surface area contributed by atoms with Gasteiger partial charge in [-0.15, -0.1) is 0 Å². The molecule has 0 saturated carbocycles. The van der Waals surface area contributed by atoms with Gasteiger partial charge in [0.1, 0.15) is 5.76 Å². The molecule has 1 heterocycles. The first-order chi connectivity index (χ1) is 8.13. The molecule has 0 fully saturated rings. The van der Waals surface area contributed by atoms with E-state index in [0.717, 1.165) is 11.3 Å². The van der Waals surface area contributed by atoms with Crippen molar-refractivity contribution < 1.29 is 9.15 Å². The van der Waals surface area contributed by atoms with Crippen molar-refractivity contribution in [2.75, 3.05) is 12.8 Å². The van der Waals surface area contributed by atoms with Gasteiger partial charge in [-0.25, -0.2) is 4.98 Å². The minimum absolute atomic E-state index is 0.309. The molecule has 2 N–H and O–H groups in total. The Morgan fingerprint density at radius 3 is 2.71 bits per heavy atom. The van der Waals surface area contributed by atoms with Crippen molar-refractivity contribution in [1.29, 1.82) is 0 Å². The van der Waals surface area contributed by atoms with E-state index >= 15 is 0 Å². The largest absolute Gasteiger partial charge is 0.494 e. The van der Waals surface area contributed by atoms with Crippen LogP contribution in [0.25, 0.3) is 11.5 Å². The summed E-state index contributed by atoms with van der Waals surface area (Å²) in [6.45, 7) is 4.11. The standard InChI is InChI=1S/C13H16N2O2/c1-8(2)11-7-15-13(17-11)9-5-4-6-10(14)12(9)16-3/h4-8H,14H2,1-3H3. The molecule has 0 atom stereocenters. The molecule has 0 bridgehead atoms. The monoisotopic (exact) mass is 232 g/mol. The van der Waals surface area contributed by atoms with Gasteiger partial charge in [0.25, 0.3) is 0 Å². The lowest BCUT2D eigenvalue weighted by atomic mass is 10.1. The van der Waals surface area contributed by atoms with Crippen LogP contribution in [0.4, 0.5) is 5.69 Å². The van der Waals surface area contributed by atoms with Crippen molar-refractivity contribution in [3.63, 3.8) is 0 Å². The second-order valence-corrected chi connectivity index (χ2v) is 4.15. The molecule has 1 aromatic carbocycles. The summed E-state index contributed by atoms with van der Waals surface area (Å²) in [5.41, 5.74) is 7.20. The molecule has 2 rings (SSSR count). The molecule has 0 aliphatic rings. The zero-order chi connectivity index (χ0) is 12.4. The van der Waals surface area contributed by atoms with Crippen LogP contribution in [0, 0.1) is 0 Å². The van der Waals surface area contributed by atoms with Crippen LogP contribution in [0.2, 0.25) is 0 Å². The van der Waals surface area contributed by atoms with Gasteiger partial charge < -0.3 is 14.9 Å². The number of nitrogens with two attached hydrogens (primary N) is 1. The van der Waals surface area contributed by atoms with Crippen molar-refractivity contribution in [3.8, 4) is 17.2 Å². The van der Waals surface area contributed by atoms with Crippen LogP contribution in [0.3, 0.4) is 0 Å². The Hall–Kier alpha value is -1.97. The van der Waals surface area contributed by atoms with E-state index < -0.39 is 0 Å². The highest BCUT2D eigenvalue weighted by Gasteiger charge is 2.15. The quantitative estimate of drug-likeness (QED) is 0.826. The molecule has 0 radical (unpaired) electrons. The molecule has 0 unspecified atom stereocenters. The third kappa shape index (κ3) is 2.11. The molecule has 90 valence electrons. The summed E-state index contributed by atoms with van der Waals surface area (Å²) < 4.78 is 11.0. The minimum atomic E-state index is 0.309. The molecule has 1 aromatic heterocycles. The van der Waals surface area contributed by atoms with Crippen LogP contribution in [-0.2, 0) is 0 Å². The molecule has 17 heavy (non-hydrogen) atoms. The fraction of sp³-hybridized carbons (Fsp3) is 0.308. The van der Waals surface area contributed by atoms with Crippen molar-refractivity contribution >= 4 is 5.69 Å². The van der Waals surface area contributed by atoms with Gasteiger partial charge in [0, 0.05) is 5.92 Å². The lowest BCUT2D eigenvalue weighted by molar-refractivity contribution is 0.415. The summed E-state index contributed by atoms with van der Waals surface area (Å²) >= 11 is 0. The number of methoxy groups -OCH3 is 1. The number of nitrogens with zero attached hydrogens (tertiary/aromatic N) is 1. The minimum Gasteiger partial charge on any atom is -0.494 e. The van der Waals surface area contributed by atoms with E-state index in [1.807, 2.05) is 12.1 Å². The van der Waals surface area contributed by atoms with Gasteiger partial charge in [0.2, 0.25) is 5.89 Å². The predicted molar refractivity (Wildman–Crippen MR) is 67.0 cm³/mol. The molecule has 0 saturated heterocycles. The van der Waals surface area contributed by atoms with Crippen molar-refractivity contribution in [2.24, 2.45) is 0 Å². The van der Waals surface area contributed by atoms with Gasteiger partial charge >= 0.3 is 0 Å². The third-order valence-corrected chi connectivity index (χ3v) is 2.57. The number of nitrogen functional groups attached to an aromatic ring is 1. The molecular weight excluding hydrogens is 216 g/mol. The first kappa shape index (κ1) is 11.5. The maximum atomic E-state index is 5.84. The van der Waals surface area contributed by atoms with E-state index in [1.165, 1.54) is 0 Å². The lowest BCUT2D eigenvalue weighted by Crippen LogP contribution is -1.94. The SMILES string of the molecule is COc1c(N)cccc1-c1ncc(C(C)C)o1. The molecule has 4 heteroatoms. The van der Waals surface area contributed by atoms with Gasteiger partial charge in [0.05, 0.1) is 24.6 Å². The van der Waals surface area contributed by atoms with Crippen molar-refractivity contribution in [3.05, 3.63) is 30.2 Å². The Morgan fingerprint density at radius 1 is 1.35 bits per heavy atom. The number of anilines is 1. The van der Waals surface area contributed by atoms with E-state index in [1.54, 1.807) is 19.4 Å². The first-order valence-corrected chi connectivity index (χ1v) is 5.52. The number of benzene rings is 1. The van der Waals surface area contributed by atoms with E-state index in [0.29, 0.717) is 23.2 Å². The molecule has 0 aliphatic heterocycles. The van der Waals surface area contributed by atoms with E-state index in [2.05, 4.69) is 18.8 Å². The van der Waals surface area contributed by atoms with Gasteiger partial charge in [-0.1, -0.05) is 19.9 Å². The second-order valence-electron chi connectivity index (χ2n) is 4.15. The average molecular weight is 232 g/mol. The van der Waals surface area contributed by atoms with Gasteiger partial charge in [-0.05, 0) is 12.1 Å². The number of hydrogen-bond acceptors (Lipinski definition) is 4. The van der Waals surface area contributed by atoms with Crippen molar-refractivity contribution in [1.82, 2.24) is 4.98 Å². The predicted octanol–water partition coefficient (Wildman–Crippen LogP) is 3.06. The van der Waals surface area contributed by atoms with Gasteiger partial charge in [0.15, 0.2) is 5.75 Å². The molecule has 2 aromatic rings. The normalized spacial score (nSPS) is 10.8. The number of ether oxygens (including phenoxy) is 1. The Labute approximate surface area is 100 Å². The summed E-state index contributed by atoms with van der Waals surface area (Å²) in [6, 6.07) is 5.52. The maximum absolute atomic E-state index is 5.84. The van der Waals surface area contributed by atoms with Crippen LogP contribution < -0.4 is 10.5 Å².